The van der Waals surface area contributed by atoms with E-state index in [9.17, 15) is 42.9 Å². The van der Waals surface area contributed by atoms with Crippen molar-refractivity contribution in [3.8, 4) is 28.2 Å². The number of benzene rings is 5. The minimum absolute atomic E-state index is 0. The third-order valence-electron chi connectivity index (χ3n) is 9.18. The Hall–Kier alpha value is -6.95. The minimum atomic E-state index is -5.35. The van der Waals surface area contributed by atoms with E-state index in [0.29, 0.717) is 30.0 Å². The van der Waals surface area contributed by atoms with Crippen molar-refractivity contribution in [2.24, 2.45) is 10.2 Å². The van der Waals surface area contributed by atoms with Crippen LogP contribution in [0, 0.1) is 24.0 Å². The van der Waals surface area contributed by atoms with E-state index in [1.807, 2.05) is 31.2 Å². The summed E-state index contributed by atoms with van der Waals surface area (Å²) in [6.07, 6.45) is 0. The number of para-hydroxylation sites is 1. The van der Waals surface area contributed by atoms with Gasteiger partial charge in [-0.15, -0.1) is 5.11 Å². The Morgan fingerprint density at radius 3 is 2.20 bits per heavy atom. The summed E-state index contributed by atoms with van der Waals surface area (Å²) in [5.74, 6) is -2.85. The third kappa shape index (κ3) is 11.9. The normalized spacial score (nSPS) is 11.8. The van der Waals surface area contributed by atoms with E-state index < -0.39 is 54.4 Å². The molecule has 4 N–H and O–H groups in total. The second-order valence-corrected chi connectivity index (χ2v) is 14.9. The maximum Gasteiger partial charge on any atom is 3.00 e. The number of nitro groups is 1. The van der Waals surface area contributed by atoms with Gasteiger partial charge < -0.3 is 40.0 Å². The Morgan fingerprint density at radius 2 is 1.59 bits per heavy atom. The van der Waals surface area contributed by atoms with Gasteiger partial charge >= 0.3 is 23.3 Å². The van der Waals surface area contributed by atoms with Crippen molar-refractivity contribution in [2.45, 2.75) is 46.4 Å². The van der Waals surface area contributed by atoms with E-state index in [0.717, 1.165) is 75.6 Å². The molecule has 0 spiro atoms. The van der Waals surface area contributed by atoms with Crippen LogP contribution >= 0.6 is 0 Å². The second kappa shape index (κ2) is 22.4. The largest absolute Gasteiger partial charge is 3.00 e. The fraction of sp³-hybridized carbons (Fsp3) is 0.205. The van der Waals surface area contributed by atoms with E-state index in [1.165, 1.54) is 12.1 Å². The van der Waals surface area contributed by atoms with Gasteiger partial charge in [0.15, 0.2) is 5.78 Å². The van der Waals surface area contributed by atoms with Crippen LogP contribution in [-0.2, 0) is 37.0 Å². The summed E-state index contributed by atoms with van der Waals surface area (Å²) in [4.78, 5) is 36.4. The number of rotatable bonds is 13. The first-order chi connectivity index (χ1) is 29.5. The monoisotopic (exact) mass is 931 g/mol. The summed E-state index contributed by atoms with van der Waals surface area (Å²) in [6, 6.07) is 24.8. The molecule has 1 radical (unpaired) electrons. The van der Waals surface area contributed by atoms with Crippen LogP contribution in [0.2, 0.25) is 0 Å². The Balaban J connectivity index is 0.000000333. The first-order valence-electron chi connectivity index (χ1n) is 19.2. The van der Waals surface area contributed by atoms with Gasteiger partial charge in [0, 0.05) is 65.1 Å². The van der Waals surface area contributed by atoms with Crippen molar-refractivity contribution < 1.29 is 74.7 Å². The number of nitro benzene ring substituents is 1. The predicted molar refractivity (Wildman–Crippen MR) is 227 cm³/mol. The predicted octanol–water partition coefficient (Wildman–Crippen LogP) is 5.14. The van der Waals surface area contributed by atoms with Crippen molar-refractivity contribution >= 4 is 55.6 Å². The number of hydrogen-bond acceptors (Lipinski definition) is 16. The number of non-ortho nitro benzene ring substituents is 1. The molecule has 2 aliphatic rings. The van der Waals surface area contributed by atoms with Crippen molar-refractivity contribution in [1.29, 1.82) is 0 Å². The number of carbonyl (C=O) groups is 2. The zero-order valence-corrected chi connectivity index (χ0v) is 37.5. The Labute approximate surface area is 378 Å². The quantitative estimate of drug-likeness (QED) is 0.0198. The standard InChI is InChI=1S/C28H30N2O3.C16H14N4O8S.Cr.H2O/c1-6-29-23-15-25-21(13-17(23)4)27(19-11-9-10-12-20(19)28(31)32-8-3)22-14-18(5)24(30-7-2)16-26(22)33-25;1-9(21)14(16(23)17-10-5-3-2-4-6-10)19-18-12-7-11(20(24)25)8-13(15(12)22)29(26,27)28;;/h9-16,29H,6-8H2,1-5H3;2-8,17,22-23H,1H3,(H,26,27,28);;1H2/q;;+3;/p-3/b;16-14-,19-18?;;. The average Bonchev–Trinajstić information content (AvgIpc) is 3.22. The number of allylic oxidation sites excluding steroid dienone is 1. The number of aryl methyl sites for hydroxylation is 2. The summed E-state index contributed by atoms with van der Waals surface area (Å²) in [5, 5.41) is 49.6. The molecule has 0 atom stereocenters. The van der Waals surface area contributed by atoms with Crippen molar-refractivity contribution in [3.63, 3.8) is 0 Å². The fourth-order valence-corrected chi connectivity index (χ4v) is 6.97. The number of ketones is 1. The van der Waals surface area contributed by atoms with Crippen LogP contribution in [0.5, 0.6) is 5.75 Å². The smallest absolute Gasteiger partial charge is 0.870 e. The van der Waals surface area contributed by atoms with Gasteiger partial charge in [0.2, 0.25) is 5.36 Å². The maximum absolute atomic E-state index is 12.9. The molecule has 1 aliphatic heterocycles. The van der Waals surface area contributed by atoms with Crippen LogP contribution in [0.3, 0.4) is 0 Å². The number of hydrogen-bond donors (Lipinski definition) is 3. The third-order valence-corrected chi connectivity index (χ3v) is 10.0. The average molecular weight is 932 g/mol. The van der Waals surface area contributed by atoms with Crippen molar-refractivity contribution in [1.82, 2.24) is 0 Å². The van der Waals surface area contributed by atoms with Gasteiger partial charge in [0.25, 0.3) is 5.69 Å². The molecule has 6 rings (SSSR count). The van der Waals surface area contributed by atoms with Crippen LogP contribution in [0.4, 0.5) is 22.7 Å². The molecule has 64 heavy (non-hydrogen) atoms. The van der Waals surface area contributed by atoms with E-state index in [1.54, 1.807) is 18.2 Å². The minimum Gasteiger partial charge on any atom is -0.870 e. The van der Waals surface area contributed by atoms with Crippen LogP contribution in [0.1, 0.15) is 49.2 Å². The van der Waals surface area contributed by atoms with Crippen molar-refractivity contribution in [2.75, 3.05) is 30.3 Å². The molecule has 18 nitrogen and oxygen atoms in total. The van der Waals surface area contributed by atoms with E-state index >= 15 is 0 Å². The number of Topliss-reactive ketones (excluding diaryl/α,β-unsaturated/α-hetero) is 1. The molecule has 0 unspecified atom stereocenters. The Morgan fingerprint density at radius 1 is 0.922 bits per heavy atom. The number of nitrogens with zero attached hydrogens (tertiary/aromatic N) is 3. The number of ether oxygens (including phenoxy) is 1. The van der Waals surface area contributed by atoms with Gasteiger partial charge in [0.05, 0.1) is 33.7 Å². The zero-order chi connectivity index (χ0) is 45.3. The number of nitrogens with one attached hydrogen (secondary N) is 3. The summed E-state index contributed by atoms with van der Waals surface area (Å²) in [6.45, 7) is 13.1. The Kier molecular flexibility index (Phi) is 18.0. The second-order valence-electron chi connectivity index (χ2n) is 13.6. The molecular formula is C44H43CrN6O12S. The Bertz CT molecular complexity index is 2900. The zero-order valence-electron chi connectivity index (χ0n) is 35.4. The van der Waals surface area contributed by atoms with Gasteiger partial charge in [-0.2, -0.15) is 5.11 Å². The van der Waals surface area contributed by atoms with Gasteiger partial charge in [-0.1, -0.05) is 42.1 Å². The molecule has 0 saturated heterocycles. The molecule has 0 aromatic heterocycles. The molecule has 1 heterocycles. The van der Waals surface area contributed by atoms with Gasteiger partial charge in [-0.05, 0) is 82.0 Å². The summed E-state index contributed by atoms with van der Waals surface area (Å²) < 4.78 is 45.3. The molecule has 0 amide bonds. The summed E-state index contributed by atoms with van der Waals surface area (Å²) >= 11 is 0. The fourth-order valence-electron chi connectivity index (χ4n) is 6.37. The van der Waals surface area contributed by atoms with Crippen LogP contribution in [0.25, 0.3) is 33.4 Å². The molecule has 20 heteroatoms. The number of esters is 1. The maximum atomic E-state index is 12.9. The summed E-state index contributed by atoms with van der Waals surface area (Å²) in [5.41, 5.74) is 5.14. The van der Waals surface area contributed by atoms with E-state index in [2.05, 4.69) is 77.8 Å². The number of azo groups is 1. The number of carbonyl (C=O) groups excluding carboxylic acids is 2. The van der Waals surface area contributed by atoms with Crippen LogP contribution < -0.4 is 31.2 Å². The van der Waals surface area contributed by atoms with Gasteiger partial charge in [-0.25, -0.2) is 18.2 Å². The van der Waals surface area contributed by atoms with Gasteiger partial charge in [0.1, 0.15) is 33.7 Å². The molecule has 333 valence electrons. The molecule has 1 aliphatic carbocycles. The van der Waals surface area contributed by atoms with E-state index in [4.69, 9.17) is 9.15 Å². The first kappa shape index (κ1) is 51.4. The van der Waals surface area contributed by atoms with Crippen LogP contribution in [0.15, 0.2) is 122 Å². The SMILES string of the molecule is CC(=O)/C(N=Nc1cc([N+](=O)[O-])cc(S(=O)(=O)[O-])c1[O-])=C(/[O-])Nc1ccccc1.CCNc1cc2oc3cc(=[NH+]CC)c(C)cc-3c(-c3ccccc3C(=O)OCC)c2cc1C.[Cr+3].[OH-]. The van der Waals surface area contributed by atoms with Crippen molar-refractivity contribution in [3.05, 3.63) is 135 Å². The van der Waals surface area contributed by atoms with Gasteiger partial charge in [-0.3, -0.25) is 14.9 Å². The summed E-state index contributed by atoms with van der Waals surface area (Å²) in [7, 11) is -5.35. The molecule has 0 saturated carbocycles. The molecular weight excluding hydrogens is 889 g/mol. The number of fused-ring (bicyclic) bond motifs is 2. The number of anilines is 2. The van der Waals surface area contributed by atoms with E-state index in [-0.39, 0.29) is 28.8 Å². The molecule has 0 fully saturated rings. The first-order valence-corrected chi connectivity index (χ1v) is 20.6. The molecule has 4 aromatic rings. The molecule has 0 bridgehead atoms. The molecule has 4 aromatic carbocycles. The van der Waals surface area contributed by atoms with Crippen LogP contribution in [-0.4, -0.2) is 54.8 Å². The topological polar surface area (TPSA) is 296 Å².